The molecule has 0 aliphatic carbocycles. The van der Waals surface area contributed by atoms with Crippen LogP contribution in [-0.4, -0.2) is 12.0 Å². The summed E-state index contributed by atoms with van der Waals surface area (Å²) in [6.45, 7) is 2.08. The Hall–Kier alpha value is -2.04. The molecule has 0 spiro atoms. The van der Waals surface area contributed by atoms with Gasteiger partial charge in [0.2, 0.25) is 0 Å². The minimum Gasteiger partial charge on any atom is -0.373 e. The van der Waals surface area contributed by atoms with Gasteiger partial charge in [0.1, 0.15) is 5.82 Å². The van der Waals surface area contributed by atoms with E-state index in [1.807, 2.05) is 24.3 Å². The third-order valence-electron chi connectivity index (χ3n) is 3.20. The minimum absolute atomic E-state index is 0.206. The molecule has 0 saturated heterocycles. The topological polar surface area (TPSA) is 24.9 Å². The second-order valence-corrected chi connectivity index (χ2v) is 4.82. The van der Waals surface area contributed by atoms with Crippen molar-refractivity contribution >= 4 is 5.82 Å². The maximum absolute atomic E-state index is 12.9. The fourth-order valence-corrected chi connectivity index (χ4v) is 2.10. The quantitative estimate of drug-likeness (QED) is 0.879. The van der Waals surface area contributed by atoms with Crippen LogP contribution >= 0.6 is 0 Å². The highest BCUT2D eigenvalue weighted by Gasteiger charge is 2.31. The Morgan fingerprint density at radius 1 is 1.10 bits per heavy atom. The Balaban J connectivity index is 2.42. The van der Waals surface area contributed by atoms with E-state index in [0.717, 1.165) is 25.0 Å². The molecular formula is C16H17F3N2. The zero-order chi connectivity index (χ0) is 15.5. The molecule has 0 radical (unpaired) electrons. The summed E-state index contributed by atoms with van der Waals surface area (Å²) in [6, 6.07) is 9.57. The molecule has 0 bridgehead atoms. The van der Waals surface area contributed by atoms with Gasteiger partial charge in [-0.2, -0.15) is 13.2 Å². The Labute approximate surface area is 122 Å². The van der Waals surface area contributed by atoms with E-state index in [0.29, 0.717) is 11.3 Å². The number of hydrogen-bond acceptors (Lipinski definition) is 2. The predicted molar refractivity (Wildman–Crippen MR) is 78.2 cm³/mol. The number of pyridine rings is 1. The Morgan fingerprint density at radius 3 is 2.29 bits per heavy atom. The second kappa shape index (κ2) is 6.16. The molecule has 0 aliphatic rings. The van der Waals surface area contributed by atoms with Crippen LogP contribution in [-0.2, 0) is 12.6 Å². The van der Waals surface area contributed by atoms with Gasteiger partial charge in [-0.25, -0.2) is 4.98 Å². The van der Waals surface area contributed by atoms with E-state index in [1.165, 1.54) is 5.56 Å². The van der Waals surface area contributed by atoms with Gasteiger partial charge in [0.25, 0.3) is 0 Å². The van der Waals surface area contributed by atoms with Crippen LogP contribution in [0.3, 0.4) is 0 Å². The average molecular weight is 294 g/mol. The lowest BCUT2D eigenvalue weighted by Crippen LogP contribution is -2.07. The van der Waals surface area contributed by atoms with E-state index in [9.17, 15) is 13.2 Å². The monoisotopic (exact) mass is 294 g/mol. The van der Waals surface area contributed by atoms with E-state index in [-0.39, 0.29) is 5.82 Å². The van der Waals surface area contributed by atoms with Crippen LogP contribution in [0.2, 0.25) is 0 Å². The zero-order valence-corrected chi connectivity index (χ0v) is 12.0. The summed E-state index contributed by atoms with van der Waals surface area (Å²) < 4.78 is 38.7. The summed E-state index contributed by atoms with van der Waals surface area (Å²) in [6.07, 6.45) is -2.39. The van der Waals surface area contributed by atoms with E-state index < -0.39 is 11.7 Å². The zero-order valence-electron chi connectivity index (χ0n) is 12.0. The number of rotatable bonds is 4. The van der Waals surface area contributed by atoms with Crippen molar-refractivity contribution in [3.05, 3.63) is 47.5 Å². The number of anilines is 1. The van der Waals surface area contributed by atoms with Crippen molar-refractivity contribution in [1.82, 2.24) is 4.98 Å². The van der Waals surface area contributed by atoms with Crippen molar-refractivity contribution in [2.45, 2.75) is 25.9 Å². The highest BCUT2D eigenvalue weighted by molar-refractivity contribution is 5.63. The number of benzene rings is 1. The third-order valence-corrected chi connectivity index (χ3v) is 3.20. The molecule has 0 aliphatic heterocycles. The number of aromatic nitrogens is 1. The number of halogens is 3. The lowest BCUT2D eigenvalue weighted by atomic mass is 10.0. The number of hydrogen-bond donors (Lipinski definition) is 1. The summed E-state index contributed by atoms with van der Waals surface area (Å²) in [5, 5.41) is 2.67. The summed E-state index contributed by atoms with van der Waals surface area (Å²) in [4.78, 5) is 4.20. The Bertz CT molecular complexity index is 604. The minimum atomic E-state index is -4.38. The van der Waals surface area contributed by atoms with Crippen molar-refractivity contribution < 1.29 is 13.2 Å². The van der Waals surface area contributed by atoms with E-state index in [2.05, 4.69) is 17.2 Å². The van der Waals surface area contributed by atoms with Gasteiger partial charge < -0.3 is 5.32 Å². The van der Waals surface area contributed by atoms with Gasteiger partial charge in [-0.05, 0) is 24.1 Å². The standard InChI is InChI=1S/C16H17F3N2/c1-3-4-11-5-7-12(8-6-11)14-9-13(16(17,18)19)10-15(20-2)21-14/h5-10H,3-4H2,1-2H3,(H,20,21). The number of aryl methyl sites for hydroxylation is 1. The molecule has 2 nitrogen and oxygen atoms in total. The molecule has 112 valence electrons. The first-order valence-electron chi connectivity index (χ1n) is 6.80. The molecule has 1 aromatic carbocycles. The normalized spacial score (nSPS) is 11.5. The molecule has 1 N–H and O–H groups in total. The molecule has 0 amide bonds. The molecular weight excluding hydrogens is 277 g/mol. The van der Waals surface area contributed by atoms with Crippen LogP contribution in [0.1, 0.15) is 24.5 Å². The highest BCUT2D eigenvalue weighted by atomic mass is 19.4. The smallest absolute Gasteiger partial charge is 0.373 e. The van der Waals surface area contributed by atoms with Crippen molar-refractivity contribution in [2.75, 3.05) is 12.4 Å². The molecule has 2 aromatic rings. The summed E-state index contributed by atoms with van der Waals surface area (Å²) in [7, 11) is 1.55. The molecule has 0 atom stereocenters. The summed E-state index contributed by atoms with van der Waals surface area (Å²) >= 11 is 0. The van der Waals surface area contributed by atoms with Gasteiger partial charge in [-0.1, -0.05) is 37.6 Å². The van der Waals surface area contributed by atoms with Crippen LogP contribution in [0.4, 0.5) is 19.0 Å². The molecule has 0 saturated carbocycles. The Morgan fingerprint density at radius 2 is 1.76 bits per heavy atom. The lowest BCUT2D eigenvalue weighted by Gasteiger charge is -2.11. The van der Waals surface area contributed by atoms with Gasteiger partial charge >= 0.3 is 6.18 Å². The van der Waals surface area contributed by atoms with Crippen LogP contribution in [0.5, 0.6) is 0 Å². The SMILES string of the molecule is CCCc1ccc(-c2cc(C(F)(F)F)cc(NC)n2)cc1. The largest absolute Gasteiger partial charge is 0.416 e. The molecule has 5 heteroatoms. The first kappa shape index (κ1) is 15.4. The first-order chi connectivity index (χ1) is 9.94. The van der Waals surface area contributed by atoms with Gasteiger partial charge in [-0.3, -0.25) is 0 Å². The maximum Gasteiger partial charge on any atom is 0.416 e. The van der Waals surface area contributed by atoms with Crippen LogP contribution in [0.25, 0.3) is 11.3 Å². The van der Waals surface area contributed by atoms with Gasteiger partial charge in [0, 0.05) is 12.6 Å². The number of alkyl halides is 3. The van der Waals surface area contributed by atoms with Crippen molar-refractivity contribution in [3.63, 3.8) is 0 Å². The molecule has 2 rings (SSSR count). The fourth-order valence-electron chi connectivity index (χ4n) is 2.10. The van der Waals surface area contributed by atoms with Crippen molar-refractivity contribution in [1.29, 1.82) is 0 Å². The number of nitrogens with one attached hydrogen (secondary N) is 1. The van der Waals surface area contributed by atoms with E-state index in [4.69, 9.17) is 0 Å². The highest BCUT2D eigenvalue weighted by Crippen LogP contribution is 2.33. The lowest BCUT2D eigenvalue weighted by molar-refractivity contribution is -0.137. The summed E-state index contributed by atoms with van der Waals surface area (Å²) in [5.41, 5.74) is 1.46. The average Bonchev–Trinajstić information content (AvgIpc) is 2.47. The molecule has 1 heterocycles. The maximum atomic E-state index is 12.9. The second-order valence-electron chi connectivity index (χ2n) is 4.82. The molecule has 0 unspecified atom stereocenters. The summed E-state index contributed by atoms with van der Waals surface area (Å²) in [5.74, 6) is 0.206. The van der Waals surface area contributed by atoms with E-state index >= 15 is 0 Å². The van der Waals surface area contributed by atoms with Gasteiger partial charge in [0.05, 0.1) is 11.3 Å². The van der Waals surface area contributed by atoms with E-state index in [1.54, 1.807) is 7.05 Å². The van der Waals surface area contributed by atoms with Crippen molar-refractivity contribution in [2.24, 2.45) is 0 Å². The van der Waals surface area contributed by atoms with Crippen LogP contribution in [0, 0.1) is 0 Å². The first-order valence-corrected chi connectivity index (χ1v) is 6.80. The Kier molecular flexibility index (Phi) is 4.50. The van der Waals surface area contributed by atoms with Crippen molar-refractivity contribution in [3.8, 4) is 11.3 Å². The molecule has 1 aromatic heterocycles. The van der Waals surface area contributed by atoms with Crippen LogP contribution in [0.15, 0.2) is 36.4 Å². The molecule has 0 fully saturated rings. The fraction of sp³-hybridized carbons (Fsp3) is 0.312. The van der Waals surface area contributed by atoms with Gasteiger partial charge in [0.15, 0.2) is 0 Å². The van der Waals surface area contributed by atoms with Gasteiger partial charge in [-0.15, -0.1) is 0 Å². The third kappa shape index (κ3) is 3.74. The molecule has 21 heavy (non-hydrogen) atoms. The number of nitrogens with zero attached hydrogens (tertiary/aromatic N) is 1. The predicted octanol–water partition coefficient (Wildman–Crippen LogP) is 4.76. The van der Waals surface area contributed by atoms with Crippen LogP contribution < -0.4 is 5.32 Å².